The zero-order chi connectivity index (χ0) is 47.4. The molecule has 0 aliphatic heterocycles. The van der Waals surface area contributed by atoms with Gasteiger partial charge in [-0.2, -0.15) is 0 Å². The lowest BCUT2D eigenvalue weighted by Gasteiger charge is -2.15. The van der Waals surface area contributed by atoms with E-state index in [1.807, 2.05) is 42.5 Å². The van der Waals surface area contributed by atoms with E-state index in [0.717, 1.165) is 31.3 Å². The second-order valence-electron chi connectivity index (χ2n) is 13.1. The number of para-hydroxylation sites is 3. The molecule has 0 amide bonds. The lowest BCUT2D eigenvalue weighted by molar-refractivity contribution is 1.06. The first-order valence-corrected chi connectivity index (χ1v) is 18.6. The maximum Gasteiger partial charge on any atom is 0.166 e. The zero-order valence-electron chi connectivity index (χ0n) is 41.2. The van der Waals surface area contributed by atoms with Crippen LogP contribution < -0.4 is 0 Å². The van der Waals surface area contributed by atoms with E-state index in [-0.39, 0.29) is 75.1 Å². The Labute approximate surface area is 344 Å². The first-order valence-electron chi connectivity index (χ1n) is 23.8. The molecule has 0 unspecified atom stereocenters. The summed E-state index contributed by atoms with van der Waals surface area (Å²) >= 11 is 1.71. The molecule has 0 radical (unpaired) electrons. The van der Waals surface area contributed by atoms with Gasteiger partial charge in [-0.1, -0.05) is 151 Å². The van der Waals surface area contributed by atoms with Gasteiger partial charge in [-0.25, -0.2) is 15.0 Å². The topological polar surface area (TPSA) is 43.6 Å². The monoisotopic (exact) mass is 744 g/mol. The third kappa shape index (κ3) is 5.40. The molecule has 0 aliphatic carbocycles. The number of fused-ring (bicyclic) bond motifs is 6. The minimum Gasteiger partial charge on any atom is -0.309 e. The quantitative estimate of drug-likeness (QED) is 0.170. The van der Waals surface area contributed by atoms with Crippen LogP contribution in [0.5, 0.6) is 0 Å². The first kappa shape index (κ1) is 22.2. The first-order chi connectivity index (χ1) is 32.7. The maximum absolute atomic E-state index is 9.16. The van der Waals surface area contributed by atoms with Gasteiger partial charge in [0, 0.05) is 47.6 Å². The minimum atomic E-state index is -0.514. The van der Waals surface area contributed by atoms with Crippen molar-refractivity contribution < 1.29 is 16.4 Å². The van der Waals surface area contributed by atoms with Gasteiger partial charge in [-0.15, -0.1) is 11.3 Å². The number of benzene rings is 8. The molecule has 0 aliphatic rings. The highest BCUT2D eigenvalue weighted by Crippen LogP contribution is 2.41. The normalized spacial score (nSPS) is 14.6. The number of rotatable bonds is 6. The molecule has 4 nitrogen and oxygen atoms in total. The molecule has 0 bridgehead atoms. The van der Waals surface area contributed by atoms with Gasteiger partial charge in [-0.05, 0) is 64.7 Å². The molecule has 8 aromatic carbocycles. The summed E-state index contributed by atoms with van der Waals surface area (Å²) in [6.45, 7) is 0. The van der Waals surface area contributed by atoms with Crippen molar-refractivity contribution in [1.29, 1.82) is 0 Å². The molecule has 0 N–H and O–H groups in total. The summed E-state index contributed by atoms with van der Waals surface area (Å²) in [4.78, 5) is 15.2. The summed E-state index contributed by atoms with van der Waals surface area (Å²) in [6.07, 6.45) is 0. The van der Waals surface area contributed by atoms with Crippen LogP contribution in [0, 0.1) is 0 Å². The Bertz CT molecular complexity index is 3950. The van der Waals surface area contributed by atoms with Crippen molar-refractivity contribution in [1.82, 2.24) is 19.5 Å². The fourth-order valence-corrected chi connectivity index (χ4v) is 8.57. The summed E-state index contributed by atoms with van der Waals surface area (Å²) in [5.41, 5.74) is 4.14. The third-order valence-electron chi connectivity index (χ3n) is 9.85. The zero-order valence-corrected chi connectivity index (χ0v) is 30.1. The summed E-state index contributed by atoms with van der Waals surface area (Å²) in [7, 11) is 0. The van der Waals surface area contributed by atoms with Crippen molar-refractivity contribution in [3.05, 3.63) is 194 Å². The highest BCUT2D eigenvalue weighted by Gasteiger charge is 2.20. The van der Waals surface area contributed by atoms with Crippen LogP contribution in [0.4, 0.5) is 0 Å². The number of nitrogens with zero attached hydrogens (tertiary/aromatic N) is 4. The molecule has 11 rings (SSSR count). The van der Waals surface area contributed by atoms with Crippen LogP contribution in [0.3, 0.4) is 0 Å². The van der Waals surface area contributed by atoms with Crippen molar-refractivity contribution in [2.24, 2.45) is 0 Å². The number of aromatic nitrogens is 4. The van der Waals surface area contributed by atoms with Gasteiger partial charge in [-0.3, -0.25) is 0 Å². The van der Waals surface area contributed by atoms with Crippen LogP contribution >= 0.6 is 11.3 Å². The molecule has 5 heteroatoms. The smallest absolute Gasteiger partial charge is 0.166 e. The van der Waals surface area contributed by atoms with Gasteiger partial charge < -0.3 is 4.57 Å². The van der Waals surface area contributed by atoms with Crippen molar-refractivity contribution in [3.63, 3.8) is 0 Å². The van der Waals surface area contributed by atoms with Crippen molar-refractivity contribution in [2.75, 3.05) is 0 Å². The summed E-state index contributed by atoms with van der Waals surface area (Å²) < 4.78 is 108. The molecular weight excluding hydrogens is 701 g/mol. The molecule has 0 saturated heterocycles. The van der Waals surface area contributed by atoms with Crippen molar-refractivity contribution >= 4 is 53.3 Å². The lowest BCUT2D eigenvalue weighted by Crippen LogP contribution is -2.03. The van der Waals surface area contributed by atoms with Gasteiger partial charge in [0.15, 0.2) is 17.5 Å². The van der Waals surface area contributed by atoms with E-state index in [4.69, 9.17) is 31.4 Å². The Morgan fingerprint density at radius 2 is 1.02 bits per heavy atom. The average Bonchev–Trinajstić information content (AvgIpc) is 3.93. The Hall–Kier alpha value is -7.21. The number of thiophene rings is 1. The average molecular weight is 745 g/mol. The van der Waals surface area contributed by atoms with Crippen LogP contribution in [-0.2, 0) is 0 Å². The van der Waals surface area contributed by atoms with Gasteiger partial charge in [0.2, 0.25) is 0 Å². The highest BCUT2D eigenvalue weighted by atomic mass is 32.1. The summed E-state index contributed by atoms with van der Waals surface area (Å²) in [6, 6.07) is 32.5. The molecule has 3 heterocycles. The molecular formula is C51H32N4S. The molecule has 262 valence electrons. The van der Waals surface area contributed by atoms with Crippen LogP contribution in [0.1, 0.15) is 16.4 Å². The lowest BCUT2D eigenvalue weighted by atomic mass is 10.0. The number of hydrogen-bond acceptors (Lipinski definition) is 4. The van der Waals surface area contributed by atoms with E-state index in [1.54, 1.807) is 59.9 Å². The molecule has 0 atom stereocenters. The summed E-state index contributed by atoms with van der Waals surface area (Å²) in [5, 5.41) is 2.33. The molecule has 0 saturated carbocycles. The standard InChI is InChI=1S/C51H32N4S/c1-2-15-33(16-3-1)34-17-12-19-36(31-34)49-52-50(37-20-13-18-35(32-37)38-25-14-26-42-41-23-7-11-30-47(41)56-48(38)42)54-51(53-49)43-24-6-10-29-46(43)55-44-27-8-4-21-39(44)40-22-5-9-28-45(40)55/h1-32H/i1D,2D,3D,4D,5D,8D,15D,16D,21D,22D,27D,28D. The van der Waals surface area contributed by atoms with E-state index < -0.39 is 42.3 Å². The highest BCUT2D eigenvalue weighted by molar-refractivity contribution is 7.26. The van der Waals surface area contributed by atoms with Crippen LogP contribution in [0.25, 0.3) is 104 Å². The van der Waals surface area contributed by atoms with E-state index in [9.17, 15) is 0 Å². The molecule has 11 aromatic rings. The maximum atomic E-state index is 9.16. The van der Waals surface area contributed by atoms with Gasteiger partial charge in [0.25, 0.3) is 0 Å². The van der Waals surface area contributed by atoms with E-state index in [0.29, 0.717) is 27.9 Å². The largest absolute Gasteiger partial charge is 0.309 e. The van der Waals surface area contributed by atoms with E-state index in [1.165, 1.54) is 10.6 Å². The molecule has 0 fully saturated rings. The van der Waals surface area contributed by atoms with E-state index in [2.05, 4.69) is 24.3 Å². The van der Waals surface area contributed by atoms with Crippen molar-refractivity contribution in [2.45, 2.75) is 0 Å². The fraction of sp³-hybridized carbons (Fsp3) is 0. The van der Waals surface area contributed by atoms with Crippen molar-refractivity contribution in [3.8, 4) is 62.1 Å². The van der Waals surface area contributed by atoms with Crippen LogP contribution in [-0.4, -0.2) is 19.5 Å². The second kappa shape index (κ2) is 13.3. The van der Waals surface area contributed by atoms with Gasteiger partial charge in [0.05, 0.1) is 33.2 Å². The number of hydrogen-bond donors (Lipinski definition) is 0. The second-order valence-corrected chi connectivity index (χ2v) is 14.2. The van der Waals surface area contributed by atoms with Crippen LogP contribution in [0.15, 0.2) is 194 Å². The SMILES string of the molecule is [2H]c1cc([2H])c2c(c1[2H])c1c([2H])c([2H])c([2H])c([2H])c1n2-c1ccccc1-c1nc(-c2cccc(-c3c([2H])c([2H])c([2H])c([2H])c3[2H])c2)nc(-c2cccc(-c3cccc4c3sc3ccccc34)c2)n1. The van der Waals surface area contributed by atoms with Crippen LogP contribution in [0.2, 0.25) is 0 Å². The molecule has 3 aromatic heterocycles. The summed E-state index contributed by atoms with van der Waals surface area (Å²) in [5.74, 6) is 0.566. The third-order valence-corrected chi connectivity index (χ3v) is 11.1. The predicted octanol–water partition coefficient (Wildman–Crippen LogP) is 13.7. The van der Waals surface area contributed by atoms with E-state index >= 15 is 0 Å². The Kier molecular flexibility index (Phi) is 5.27. The fourth-order valence-electron chi connectivity index (χ4n) is 7.33. The van der Waals surface area contributed by atoms with Gasteiger partial charge >= 0.3 is 0 Å². The predicted molar refractivity (Wildman–Crippen MR) is 234 cm³/mol. The Morgan fingerprint density at radius 1 is 0.411 bits per heavy atom. The van der Waals surface area contributed by atoms with Gasteiger partial charge in [0.1, 0.15) is 0 Å². The molecule has 56 heavy (non-hydrogen) atoms. The Balaban J connectivity index is 1.18. The molecule has 0 spiro atoms. The minimum absolute atomic E-state index is 0.000336. The Morgan fingerprint density at radius 3 is 1.88 bits per heavy atom.